The molecule has 3 rings (SSSR count). The van der Waals surface area contributed by atoms with E-state index in [1.54, 1.807) is 18.2 Å². The predicted octanol–water partition coefficient (Wildman–Crippen LogP) is 4.02. The number of hydrogen-bond acceptors (Lipinski definition) is 6. The SMILES string of the molecule is CCCCc1cc(=O)oc2cc(OCC(=O)N[C@@H](CSCc3ccccc3)C(=O)O)ccc12. The number of hydrogen-bond donors (Lipinski definition) is 2. The molecule has 0 aliphatic heterocycles. The third-order valence-corrected chi connectivity index (χ3v) is 6.11. The van der Waals surface area contributed by atoms with Crippen molar-refractivity contribution in [1.29, 1.82) is 0 Å². The number of unbranched alkanes of at least 4 members (excludes halogenated alkanes) is 1. The van der Waals surface area contributed by atoms with E-state index in [-0.39, 0.29) is 12.4 Å². The van der Waals surface area contributed by atoms with Gasteiger partial charge in [-0.3, -0.25) is 4.79 Å². The van der Waals surface area contributed by atoms with E-state index in [9.17, 15) is 19.5 Å². The minimum atomic E-state index is -1.10. The zero-order valence-electron chi connectivity index (χ0n) is 18.4. The summed E-state index contributed by atoms with van der Waals surface area (Å²) >= 11 is 1.43. The van der Waals surface area contributed by atoms with E-state index in [0.29, 0.717) is 17.1 Å². The largest absolute Gasteiger partial charge is 0.484 e. The van der Waals surface area contributed by atoms with Crippen LogP contribution in [0.3, 0.4) is 0 Å². The number of ether oxygens (including phenoxy) is 1. The smallest absolute Gasteiger partial charge is 0.336 e. The number of carboxylic acids is 1. The summed E-state index contributed by atoms with van der Waals surface area (Å²) < 4.78 is 10.8. The Morgan fingerprint density at radius 2 is 1.94 bits per heavy atom. The normalized spacial score (nSPS) is 11.8. The number of aliphatic carboxylic acids is 1. The molecule has 1 atom stereocenters. The van der Waals surface area contributed by atoms with E-state index in [0.717, 1.165) is 35.8 Å². The third-order valence-electron chi connectivity index (χ3n) is 5.00. The fourth-order valence-electron chi connectivity index (χ4n) is 3.30. The Hall–Kier alpha value is -3.26. The van der Waals surface area contributed by atoms with Crippen molar-refractivity contribution in [3.05, 3.63) is 76.1 Å². The quantitative estimate of drug-likeness (QED) is 0.386. The van der Waals surface area contributed by atoms with Crippen molar-refractivity contribution >= 4 is 34.6 Å². The second-order valence-corrected chi connectivity index (χ2v) is 8.63. The molecular formula is C25H27NO6S. The molecule has 2 N–H and O–H groups in total. The van der Waals surface area contributed by atoms with Crippen molar-refractivity contribution in [2.24, 2.45) is 0 Å². The van der Waals surface area contributed by atoms with Crippen LogP contribution in [-0.4, -0.2) is 35.4 Å². The van der Waals surface area contributed by atoms with Crippen LogP contribution in [0.2, 0.25) is 0 Å². The van der Waals surface area contributed by atoms with Gasteiger partial charge in [-0.05, 0) is 36.1 Å². The molecule has 2 aromatic carbocycles. The van der Waals surface area contributed by atoms with Crippen LogP contribution in [0.4, 0.5) is 0 Å². The van der Waals surface area contributed by atoms with Crippen LogP contribution in [-0.2, 0) is 21.8 Å². The lowest BCUT2D eigenvalue weighted by Gasteiger charge is -2.15. The van der Waals surface area contributed by atoms with Gasteiger partial charge in [0, 0.05) is 29.0 Å². The maximum Gasteiger partial charge on any atom is 0.336 e. The summed E-state index contributed by atoms with van der Waals surface area (Å²) in [4.78, 5) is 35.7. The molecule has 0 fully saturated rings. The Labute approximate surface area is 196 Å². The Morgan fingerprint density at radius 1 is 1.15 bits per heavy atom. The Bertz CT molecular complexity index is 1140. The van der Waals surface area contributed by atoms with Gasteiger partial charge in [0.1, 0.15) is 17.4 Å². The van der Waals surface area contributed by atoms with E-state index in [1.807, 2.05) is 30.3 Å². The predicted molar refractivity (Wildman–Crippen MR) is 129 cm³/mol. The fourth-order valence-corrected chi connectivity index (χ4v) is 4.31. The molecule has 1 heterocycles. The summed E-state index contributed by atoms with van der Waals surface area (Å²) in [6.07, 6.45) is 2.76. The molecule has 33 heavy (non-hydrogen) atoms. The van der Waals surface area contributed by atoms with Gasteiger partial charge in [0.05, 0.1) is 0 Å². The number of thioether (sulfide) groups is 1. The summed E-state index contributed by atoms with van der Waals surface area (Å²) in [7, 11) is 0. The van der Waals surface area contributed by atoms with E-state index in [4.69, 9.17) is 9.15 Å². The first-order valence-corrected chi connectivity index (χ1v) is 11.9. The summed E-state index contributed by atoms with van der Waals surface area (Å²) in [6, 6.07) is 15.3. The lowest BCUT2D eigenvalue weighted by molar-refractivity contribution is -0.141. The number of nitrogens with one attached hydrogen (secondary N) is 1. The van der Waals surface area contributed by atoms with Gasteiger partial charge in [-0.2, -0.15) is 11.8 Å². The monoisotopic (exact) mass is 469 g/mol. The summed E-state index contributed by atoms with van der Waals surface area (Å²) in [5, 5.41) is 12.8. The molecule has 0 saturated heterocycles. The van der Waals surface area contributed by atoms with E-state index in [1.165, 1.54) is 17.8 Å². The van der Waals surface area contributed by atoms with Crippen molar-refractivity contribution in [2.45, 2.75) is 38.0 Å². The molecule has 3 aromatic rings. The highest BCUT2D eigenvalue weighted by molar-refractivity contribution is 7.98. The number of carbonyl (C=O) groups is 2. The van der Waals surface area contributed by atoms with Crippen LogP contribution in [0, 0.1) is 0 Å². The van der Waals surface area contributed by atoms with Gasteiger partial charge in [-0.15, -0.1) is 0 Å². The highest BCUT2D eigenvalue weighted by Gasteiger charge is 2.20. The Balaban J connectivity index is 1.56. The molecule has 0 bridgehead atoms. The molecular weight excluding hydrogens is 442 g/mol. The number of carboxylic acid groups (broad SMARTS) is 1. The zero-order chi connectivity index (χ0) is 23.6. The van der Waals surface area contributed by atoms with Gasteiger partial charge in [0.25, 0.3) is 5.91 Å². The van der Waals surface area contributed by atoms with Crippen LogP contribution < -0.4 is 15.7 Å². The topological polar surface area (TPSA) is 106 Å². The third kappa shape index (κ3) is 7.39. The minimum Gasteiger partial charge on any atom is -0.484 e. The van der Waals surface area contributed by atoms with E-state index in [2.05, 4.69) is 12.2 Å². The van der Waals surface area contributed by atoms with Crippen LogP contribution >= 0.6 is 11.8 Å². The van der Waals surface area contributed by atoms with Crippen molar-refractivity contribution in [3.8, 4) is 5.75 Å². The first-order valence-electron chi connectivity index (χ1n) is 10.8. The molecule has 0 saturated carbocycles. The molecule has 0 spiro atoms. The first kappa shape index (κ1) is 24.4. The Kier molecular flexibility index (Phi) is 8.95. The fraction of sp³-hybridized carbons (Fsp3) is 0.320. The second-order valence-electron chi connectivity index (χ2n) is 7.60. The molecule has 1 amide bonds. The van der Waals surface area contributed by atoms with E-state index < -0.39 is 23.5 Å². The first-order chi connectivity index (χ1) is 16.0. The minimum absolute atomic E-state index is 0.234. The molecule has 7 nitrogen and oxygen atoms in total. The lowest BCUT2D eigenvalue weighted by Crippen LogP contribution is -2.44. The second kappa shape index (κ2) is 12.1. The average Bonchev–Trinajstić information content (AvgIpc) is 2.80. The standard InChI is InChI=1S/C25H27NO6S/c1-2-3-9-18-12-24(28)32-22-13-19(10-11-20(18)22)31-14-23(27)26-21(25(29)30)16-33-15-17-7-5-4-6-8-17/h4-8,10-13,21H,2-3,9,14-16H2,1H3,(H,26,27)(H,29,30)/t21-/m0/s1. The van der Waals surface area contributed by atoms with Crippen molar-refractivity contribution in [3.63, 3.8) is 0 Å². The van der Waals surface area contributed by atoms with Gasteiger partial charge in [0.2, 0.25) is 0 Å². The molecule has 0 radical (unpaired) electrons. The summed E-state index contributed by atoms with van der Waals surface area (Å²) in [6.45, 7) is 1.74. The maximum absolute atomic E-state index is 12.3. The summed E-state index contributed by atoms with van der Waals surface area (Å²) in [5.41, 5.74) is 1.97. The van der Waals surface area contributed by atoms with Crippen LogP contribution in [0.5, 0.6) is 5.75 Å². The molecule has 0 aliphatic carbocycles. The number of amides is 1. The van der Waals surface area contributed by atoms with Gasteiger partial charge < -0.3 is 19.6 Å². The van der Waals surface area contributed by atoms with E-state index >= 15 is 0 Å². The summed E-state index contributed by atoms with van der Waals surface area (Å²) in [5.74, 6) is -0.396. The van der Waals surface area contributed by atoms with Gasteiger partial charge >= 0.3 is 11.6 Å². The average molecular weight is 470 g/mol. The van der Waals surface area contributed by atoms with Crippen LogP contribution in [0.25, 0.3) is 11.0 Å². The Morgan fingerprint density at radius 3 is 2.67 bits per heavy atom. The zero-order valence-corrected chi connectivity index (χ0v) is 19.2. The van der Waals surface area contributed by atoms with Gasteiger partial charge in [-0.1, -0.05) is 43.7 Å². The number of benzene rings is 2. The molecule has 174 valence electrons. The molecule has 8 heteroatoms. The number of rotatable bonds is 12. The molecule has 0 unspecified atom stereocenters. The highest BCUT2D eigenvalue weighted by Crippen LogP contribution is 2.24. The molecule has 0 aliphatic rings. The van der Waals surface area contributed by atoms with Crippen LogP contribution in [0.1, 0.15) is 30.9 Å². The maximum atomic E-state index is 12.3. The lowest BCUT2D eigenvalue weighted by atomic mass is 10.0. The number of aryl methyl sites for hydroxylation is 1. The molecule has 1 aromatic heterocycles. The van der Waals surface area contributed by atoms with Gasteiger partial charge in [-0.25, -0.2) is 9.59 Å². The highest BCUT2D eigenvalue weighted by atomic mass is 32.2. The van der Waals surface area contributed by atoms with Crippen molar-refractivity contribution in [1.82, 2.24) is 5.32 Å². The van der Waals surface area contributed by atoms with Gasteiger partial charge in [0.15, 0.2) is 6.61 Å². The number of carbonyl (C=O) groups excluding carboxylic acids is 1. The number of fused-ring (bicyclic) bond motifs is 1. The van der Waals surface area contributed by atoms with Crippen LogP contribution in [0.15, 0.2) is 63.8 Å². The van der Waals surface area contributed by atoms with Crippen molar-refractivity contribution < 1.29 is 23.8 Å². The van der Waals surface area contributed by atoms with Crippen molar-refractivity contribution in [2.75, 3.05) is 12.4 Å².